The monoisotopic (exact) mass is 247 g/mol. The van der Waals surface area contributed by atoms with E-state index >= 15 is 0 Å². The van der Waals surface area contributed by atoms with E-state index in [1.165, 1.54) is 4.90 Å². The first kappa shape index (κ1) is 12.6. The molecular weight excluding hydrogens is 228 g/mol. The van der Waals surface area contributed by atoms with Gasteiger partial charge in [-0.2, -0.15) is 0 Å². The number of benzene rings is 1. The molecule has 1 aromatic heterocycles. The summed E-state index contributed by atoms with van der Waals surface area (Å²) in [4.78, 5) is 16.1. The predicted molar refractivity (Wildman–Crippen MR) is 72.0 cm³/mol. The molecule has 0 amide bonds. The lowest BCUT2D eigenvalue weighted by Gasteiger charge is -2.16. The molecule has 2 rings (SSSR count). The molecule has 0 unspecified atom stereocenters. The average molecular weight is 247 g/mol. The summed E-state index contributed by atoms with van der Waals surface area (Å²) >= 11 is 0. The Hall–Kier alpha value is -1.81. The maximum absolute atomic E-state index is 12.0. The van der Waals surface area contributed by atoms with Crippen molar-refractivity contribution in [1.82, 2.24) is 4.98 Å². The lowest BCUT2D eigenvalue weighted by atomic mass is 10.1. The highest BCUT2D eigenvalue weighted by atomic mass is 16.3. The van der Waals surface area contributed by atoms with Gasteiger partial charge in [0.1, 0.15) is 17.9 Å². The Morgan fingerprint density at radius 1 is 1.22 bits per heavy atom. The van der Waals surface area contributed by atoms with Crippen LogP contribution in [0.4, 0.5) is 0 Å². The molecule has 0 bridgehead atoms. The number of fused-ring (bicyclic) bond motifs is 1. The Bertz CT molecular complexity index is 600. The second-order valence-corrected chi connectivity index (χ2v) is 4.46. The van der Waals surface area contributed by atoms with Crippen LogP contribution in [0.2, 0.25) is 0 Å². The van der Waals surface area contributed by atoms with E-state index in [1.54, 1.807) is 6.07 Å². The van der Waals surface area contributed by atoms with E-state index in [4.69, 9.17) is 0 Å². The summed E-state index contributed by atoms with van der Waals surface area (Å²) < 4.78 is 0. The van der Waals surface area contributed by atoms with Crippen molar-refractivity contribution in [3.8, 4) is 5.75 Å². The van der Waals surface area contributed by atoms with Gasteiger partial charge in [0, 0.05) is 5.39 Å². The van der Waals surface area contributed by atoms with E-state index in [2.05, 4.69) is 18.8 Å². The van der Waals surface area contributed by atoms with Gasteiger partial charge < -0.3 is 15.0 Å². The van der Waals surface area contributed by atoms with Crippen LogP contribution in [0.1, 0.15) is 19.4 Å². The molecule has 96 valence electrons. The Balaban J connectivity index is 2.54. The third-order valence-electron chi connectivity index (χ3n) is 3.42. The van der Waals surface area contributed by atoms with Crippen molar-refractivity contribution in [2.24, 2.45) is 0 Å². The van der Waals surface area contributed by atoms with Gasteiger partial charge in [-0.25, -0.2) is 0 Å². The fourth-order valence-corrected chi connectivity index (χ4v) is 2.18. The molecule has 1 aromatic carbocycles. The van der Waals surface area contributed by atoms with Crippen LogP contribution >= 0.6 is 0 Å². The van der Waals surface area contributed by atoms with Gasteiger partial charge in [-0.05, 0) is 26.0 Å². The summed E-state index contributed by atoms with van der Waals surface area (Å²) in [5, 5.41) is 10.9. The highest BCUT2D eigenvalue weighted by molar-refractivity contribution is 5.85. The van der Waals surface area contributed by atoms with Crippen LogP contribution in [0, 0.1) is 0 Å². The average Bonchev–Trinajstić information content (AvgIpc) is 2.39. The van der Waals surface area contributed by atoms with Crippen molar-refractivity contribution in [2.75, 3.05) is 13.1 Å². The molecule has 0 saturated heterocycles. The van der Waals surface area contributed by atoms with E-state index in [1.807, 2.05) is 18.2 Å². The molecule has 0 aliphatic carbocycles. The summed E-state index contributed by atoms with van der Waals surface area (Å²) in [5.41, 5.74) is 0.969. The Labute approximate surface area is 106 Å². The summed E-state index contributed by atoms with van der Waals surface area (Å²) in [6, 6.07) is 7.31. The first-order valence-electron chi connectivity index (χ1n) is 6.33. The third-order valence-corrected chi connectivity index (χ3v) is 3.42. The Morgan fingerprint density at radius 3 is 2.56 bits per heavy atom. The van der Waals surface area contributed by atoms with Crippen LogP contribution in [-0.4, -0.2) is 23.2 Å². The number of pyridine rings is 1. The smallest absolute Gasteiger partial charge is 0.261 e. The number of hydrogen-bond acceptors (Lipinski definition) is 2. The quantitative estimate of drug-likeness (QED) is 0.743. The highest BCUT2D eigenvalue weighted by Gasteiger charge is 2.15. The predicted octanol–water partition coefficient (Wildman–Crippen LogP) is 0.658. The van der Waals surface area contributed by atoms with Gasteiger partial charge >= 0.3 is 0 Å². The molecule has 2 aromatic rings. The van der Waals surface area contributed by atoms with E-state index in [9.17, 15) is 9.90 Å². The summed E-state index contributed by atoms with van der Waals surface area (Å²) in [6.45, 7) is 6.57. The molecule has 0 radical (unpaired) electrons. The van der Waals surface area contributed by atoms with Crippen molar-refractivity contribution in [2.45, 2.75) is 20.4 Å². The zero-order chi connectivity index (χ0) is 13.1. The topological polar surface area (TPSA) is 57.5 Å². The lowest BCUT2D eigenvalue weighted by molar-refractivity contribution is -0.910. The van der Waals surface area contributed by atoms with Crippen molar-refractivity contribution >= 4 is 10.9 Å². The number of rotatable bonds is 4. The van der Waals surface area contributed by atoms with Gasteiger partial charge in [0.2, 0.25) is 0 Å². The fourth-order valence-electron chi connectivity index (χ4n) is 2.18. The zero-order valence-corrected chi connectivity index (χ0v) is 10.8. The minimum absolute atomic E-state index is 0.119. The van der Waals surface area contributed by atoms with Crippen molar-refractivity contribution < 1.29 is 10.0 Å². The summed E-state index contributed by atoms with van der Waals surface area (Å²) in [7, 11) is 0. The fraction of sp³-hybridized carbons (Fsp3) is 0.357. The number of para-hydroxylation sites is 1. The van der Waals surface area contributed by atoms with Crippen LogP contribution in [0.15, 0.2) is 29.1 Å². The second kappa shape index (κ2) is 5.23. The molecule has 4 nitrogen and oxygen atoms in total. The second-order valence-electron chi connectivity index (χ2n) is 4.46. The van der Waals surface area contributed by atoms with Crippen molar-refractivity contribution in [1.29, 1.82) is 0 Å². The molecule has 3 N–H and O–H groups in total. The molecule has 0 spiro atoms. The number of hydrogen-bond donors (Lipinski definition) is 3. The first-order chi connectivity index (χ1) is 8.67. The number of nitrogens with one attached hydrogen (secondary N) is 2. The van der Waals surface area contributed by atoms with E-state index in [-0.39, 0.29) is 11.3 Å². The molecule has 0 atom stereocenters. The largest absolute Gasteiger partial charge is 0.507 e. The third kappa shape index (κ3) is 2.24. The molecule has 1 heterocycles. The number of aromatic hydroxyl groups is 1. The van der Waals surface area contributed by atoms with E-state index in [0.29, 0.717) is 23.0 Å². The van der Waals surface area contributed by atoms with Gasteiger partial charge in [-0.3, -0.25) is 4.79 Å². The van der Waals surface area contributed by atoms with Crippen LogP contribution in [-0.2, 0) is 6.54 Å². The molecule has 4 heteroatoms. The molecule has 0 aliphatic heterocycles. The van der Waals surface area contributed by atoms with Gasteiger partial charge in [0.15, 0.2) is 0 Å². The highest BCUT2D eigenvalue weighted by Crippen LogP contribution is 2.23. The number of quaternary nitrogens is 1. The van der Waals surface area contributed by atoms with Crippen LogP contribution in [0.25, 0.3) is 10.9 Å². The summed E-state index contributed by atoms with van der Waals surface area (Å²) in [5.74, 6) is 0.119. The first-order valence-corrected chi connectivity index (χ1v) is 6.33. The molecule has 18 heavy (non-hydrogen) atoms. The van der Waals surface area contributed by atoms with Crippen LogP contribution < -0.4 is 10.5 Å². The molecule has 0 saturated carbocycles. The minimum atomic E-state index is -0.189. The minimum Gasteiger partial charge on any atom is -0.507 e. The Kier molecular flexibility index (Phi) is 3.67. The SMILES string of the molecule is CC[NH+](CC)Cc1c(O)c2ccccc2[nH]c1=O. The lowest BCUT2D eigenvalue weighted by Crippen LogP contribution is -3.10. The van der Waals surface area contributed by atoms with Gasteiger partial charge in [-0.15, -0.1) is 0 Å². The molecular formula is C14H19N2O2+. The number of aromatic amines is 1. The van der Waals surface area contributed by atoms with Crippen molar-refractivity contribution in [3.05, 3.63) is 40.2 Å². The maximum atomic E-state index is 12.0. The van der Waals surface area contributed by atoms with E-state index in [0.717, 1.165) is 13.1 Å². The van der Waals surface area contributed by atoms with Gasteiger partial charge in [0.25, 0.3) is 5.56 Å². The molecule has 0 aliphatic rings. The summed E-state index contributed by atoms with van der Waals surface area (Å²) in [6.07, 6.45) is 0. The zero-order valence-electron chi connectivity index (χ0n) is 10.8. The normalized spacial score (nSPS) is 11.3. The van der Waals surface area contributed by atoms with E-state index < -0.39 is 0 Å². The maximum Gasteiger partial charge on any atom is 0.261 e. The molecule has 0 fully saturated rings. The van der Waals surface area contributed by atoms with Crippen molar-refractivity contribution in [3.63, 3.8) is 0 Å². The van der Waals surface area contributed by atoms with Gasteiger partial charge in [-0.1, -0.05) is 12.1 Å². The Morgan fingerprint density at radius 2 is 1.89 bits per heavy atom. The van der Waals surface area contributed by atoms with Gasteiger partial charge in [0.05, 0.1) is 18.6 Å². The van der Waals surface area contributed by atoms with Crippen LogP contribution in [0.3, 0.4) is 0 Å². The number of H-pyrrole nitrogens is 1. The van der Waals surface area contributed by atoms with Crippen LogP contribution in [0.5, 0.6) is 5.75 Å². The number of aromatic nitrogens is 1. The standard InChI is InChI=1S/C14H18N2O2/c1-3-16(4-2)9-11-13(17)10-7-5-6-8-12(10)15-14(11)18/h5-8H,3-4,9H2,1-2H3,(H2,15,17,18)/p+1.